The Balaban J connectivity index is -0.000000980. The Kier molecular flexibility index (Phi) is 8.89. The van der Waals surface area contributed by atoms with Crippen LogP contribution in [0.15, 0.2) is 0 Å². The molecule has 0 spiro atoms. The van der Waals surface area contributed by atoms with Gasteiger partial charge in [0.15, 0.2) is 0 Å². The second kappa shape index (κ2) is 6.81. The van der Waals surface area contributed by atoms with Gasteiger partial charge in [-0.15, -0.1) is 0 Å². The van der Waals surface area contributed by atoms with Crippen molar-refractivity contribution >= 4 is 0 Å². The van der Waals surface area contributed by atoms with Crippen LogP contribution in [0.4, 0.5) is 0 Å². The van der Waals surface area contributed by atoms with Crippen LogP contribution < -0.4 is 0 Å². The van der Waals surface area contributed by atoms with Crippen LogP contribution in [-0.4, -0.2) is 0 Å². The fourth-order valence-corrected chi connectivity index (χ4v) is 2.16. The van der Waals surface area contributed by atoms with E-state index < -0.39 is 0 Å². The molecule has 0 N–H and O–H groups in total. The van der Waals surface area contributed by atoms with Gasteiger partial charge in [-0.1, -0.05) is 77.2 Å². The second-order valence-corrected chi connectivity index (χ2v) is 8.59. The van der Waals surface area contributed by atoms with E-state index >= 15 is 0 Å². The van der Waals surface area contributed by atoms with Crippen molar-refractivity contribution in [3.63, 3.8) is 0 Å². The molecule has 0 rings (SSSR count). The summed E-state index contributed by atoms with van der Waals surface area (Å²) in [4.78, 5) is 0. The summed E-state index contributed by atoms with van der Waals surface area (Å²) in [6, 6.07) is 0. The van der Waals surface area contributed by atoms with Gasteiger partial charge in [-0.3, -0.25) is 0 Å². The van der Waals surface area contributed by atoms with Gasteiger partial charge in [0.05, 0.1) is 0 Å². The molecule has 0 aromatic heterocycles. The van der Waals surface area contributed by atoms with E-state index in [2.05, 4.69) is 62.3 Å². The smallest absolute Gasteiger partial charge is 0.0354 e. The van der Waals surface area contributed by atoms with Crippen molar-refractivity contribution in [3.8, 4) is 0 Å². The molecule has 0 saturated carbocycles. The summed E-state index contributed by atoms with van der Waals surface area (Å²) in [5.74, 6) is 0.817. The molecule has 0 nitrogen and oxygen atoms in total. The molecule has 0 unspecified atom stereocenters. The van der Waals surface area contributed by atoms with Crippen LogP contribution in [0.3, 0.4) is 0 Å². The minimum atomic E-state index is 0. The van der Waals surface area contributed by atoms with Crippen molar-refractivity contribution in [1.82, 2.24) is 0 Å². The van der Waals surface area contributed by atoms with Crippen molar-refractivity contribution in [1.29, 1.82) is 0 Å². The summed E-state index contributed by atoms with van der Waals surface area (Å²) in [5.41, 5.74) is 1.33. The maximum absolute atomic E-state index is 2.38. The van der Waals surface area contributed by atoms with Gasteiger partial charge < -0.3 is 0 Å². The first kappa shape index (κ1) is 22.2. The number of hydrogen-bond acceptors (Lipinski definition) is 0. The molecule has 0 atom stereocenters. The first-order chi connectivity index (χ1) is 6.31. The zero-order valence-electron chi connectivity index (χ0n) is 12.5. The van der Waals surface area contributed by atoms with Crippen LogP contribution in [-0.2, 0) is 0 Å². The monoisotopic (exact) mass is 244 g/mol. The average Bonchev–Trinajstić information content (AvgIpc) is 1.75. The SMILES string of the molecule is C.C.CC(C)(C)CC(CC(C)(C)C)C(C)(C)C. The van der Waals surface area contributed by atoms with Crippen LogP contribution in [0.2, 0.25) is 0 Å². The standard InChI is InChI=1S/C15H32.2CH4/c1-13(2,3)10-12(15(7,8)9)11-14(4,5)6;;/h12H,10-11H2,1-9H3;2*1H4. The highest BCUT2D eigenvalue weighted by molar-refractivity contribution is 4.82. The van der Waals surface area contributed by atoms with E-state index in [1.54, 1.807) is 0 Å². The van der Waals surface area contributed by atoms with Gasteiger partial charge in [0.1, 0.15) is 0 Å². The predicted octanol–water partition coefficient (Wildman–Crippen LogP) is 6.79. The quantitative estimate of drug-likeness (QED) is 0.501. The number of hydrogen-bond donors (Lipinski definition) is 0. The van der Waals surface area contributed by atoms with Crippen LogP contribution in [0, 0.1) is 22.2 Å². The molecule has 0 fully saturated rings. The van der Waals surface area contributed by atoms with E-state index in [1.807, 2.05) is 0 Å². The fourth-order valence-electron chi connectivity index (χ4n) is 2.16. The highest BCUT2D eigenvalue weighted by Gasteiger charge is 2.31. The third-order valence-electron chi connectivity index (χ3n) is 2.94. The Morgan fingerprint density at radius 3 is 0.941 bits per heavy atom. The first-order valence-corrected chi connectivity index (χ1v) is 6.31. The molecule has 0 aliphatic rings. The molecule has 0 saturated heterocycles. The molecule has 0 aliphatic heterocycles. The maximum atomic E-state index is 2.38. The van der Waals surface area contributed by atoms with Gasteiger partial charge >= 0.3 is 0 Å². The number of rotatable bonds is 2. The molecule has 0 aromatic carbocycles. The Morgan fingerprint density at radius 2 is 0.824 bits per heavy atom. The van der Waals surface area contributed by atoms with Gasteiger partial charge in [-0.05, 0) is 35.0 Å². The lowest BCUT2D eigenvalue weighted by Crippen LogP contribution is -2.29. The normalized spacial score (nSPS) is 13.1. The van der Waals surface area contributed by atoms with Crippen LogP contribution in [0.25, 0.3) is 0 Å². The van der Waals surface area contributed by atoms with Crippen molar-refractivity contribution in [2.45, 2.75) is 90.0 Å². The van der Waals surface area contributed by atoms with Gasteiger partial charge in [0.25, 0.3) is 0 Å². The highest BCUT2D eigenvalue weighted by atomic mass is 14.4. The van der Waals surface area contributed by atoms with E-state index in [-0.39, 0.29) is 14.9 Å². The lowest BCUT2D eigenvalue weighted by atomic mass is 9.66. The minimum Gasteiger partial charge on any atom is -0.0776 e. The predicted molar refractivity (Wildman–Crippen MR) is 84.6 cm³/mol. The minimum absolute atomic E-state index is 0. The van der Waals surface area contributed by atoms with Gasteiger partial charge in [0, 0.05) is 0 Å². The van der Waals surface area contributed by atoms with Crippen LogP contribution in [0.1, 0.15) is 90.0 Å². The summed E-state index contributed by atoms with van der Waals surface area (Å²) in [7, 11) is 0. The largest absolute Gasteiger partial charge is 0.0776 e. The molecule has 0 bridgehead atoms. The van der Waals surface area contributed by atoms with Gasteiger partial charge in [-0.25, -0.2) is 0 Å². The molecular weight excluding hydrogens is 204 g/mol. The molecule has 0 radical (unpaired) electrons. The Bertz CT molecular complexity index is 164. The fraction of sp³-hybridized carbons (Fsp3) is 1.00. The van der Waals surface area contributed by atoms with Gasteiger partial charge in [-0.2, -0.15) is 0 Å². The van der Waals surface area contributed by atoms with Crippen LogP contribution in [0.5, 0.6) is 0 Å². The van der Waals surface area contributed by atoms with E-state index in [0.29, 0.717) is 16.2 Å². The van der Waals surface area contributed by atoms with E-state index in [1.165, 1.54) is 12.8 Å². The molecule has 108 valence electrons. The zero-order chi connectivity index (χ0) is 12.5. The van der Waals surface area contributed by atoms with Crippen molar-refractivity contribution < 1.29 is 0 Å². The lowest BCUT2D eigenvalue weighted by Gasteiger charge is -2.39. The average molecular weight is 245 g/mol. The summed E-state index contributed by atoms with van der Waals surface area (Å²) in [6.07, 6.45) is 2.65. The molecule has 0 aromatic rings. The molecule has 0 heterocycles. The molecule has 0 amide bonds. The Hall–Kier alpha value is 0. The van der Waals surface area contributed by atoms with Crippen molar-refractivity contribution in [3.05, 3.63) is 0 Å². The molecule has 0 aliphatic carbocycles. The Morgan fingerprint density at radius 1 is 0.588 bits per heavy atom. The van der Waals surface area contributed by atoms with E-state index in [0.717, 1.165) is 5.92 Å². The topological polar surface area (TPSA) is 0 Å². The molecule has 0 heteroatoms. The lowest BCUT2D eigenvalue weighted by molar-refractivity contribution is 0.115. The molecule has 17 heavy (non-hydrogen) atoms. The molecular formula is C17H40. The second-order valence-electron chi connectivity index (χ2n) is 8.59. The highest BCUT2D eigenvalue weighted by Crippen LogP contribution is 2.42. The third-order valence-corrected chi connectivity index (χ3v) is 2.94. The summed E-state index contributed by atoms with van der Waals surface area (Å²) >= 11 is 0. The summed E-state index contributed by atoms with van der Waals surface area (Å²) in [6.45, 7) is 21.3. The van der Waals surface area contributed by atoms with Crippen LogP contribution >= 0.6 is 0 Å². The Labute approximate surface area is 113 Å². The summed E-state index contributed by atoms with van der Waals surface area (Å²) < 4.78 is 0. The van der Waals surface area contributed by atoms with Crippen molar-refractivity contribution in [2.24, 2.45) is 22.2 Å². The summed E-state index contributed by atoms with van der Waals surface area (Å²) in [5, 5.41) is 0. The van der Waals surface area contributed by atoms with E-state index in [4.69, 9.17) is 0 Å². The maximum Gasteiger partial charge on any atom is -0.0354 e. The van der Waals surface area contributed by atoms with E-state index in [9.17, 15) is 0 Å². The van der Waals surface area contributed by atoms with Crippen molar-refractivity contribution in [2.75, 3.05) is 0 Å². The van der Waals surface area contributed by atoms with Gasteiger partial charge in [0.2, 0.25) is 0 Å². The zero-order valence-corrected chi connectivity index (χ0v) is 12.5. The third kappa shape index (κ3) is 12.2. The first-order valence-electron chi connectivity index (χ1n) is 6.31.